The van der Waals surface area contributed by atoms with Crippen LogP contribution in [0.5, 0.6) is 0 Å². The predicted octanol–water partition coefficient (Wildman–Crippen LogP) is 3.95. The van der Waals surface area contributed by atoms with E-state index in [1.807, 2.05) is 0 Å². The summed E-state index contributed by atoms with van der Waals surface area (Å²) in [6, 6.07) is 9.57. The molecule has 0 radical (unpaired) electrons. The molecular weight excluding hydrogens is 258 g/mol. The predicted molar refractivity (Wildman–Crippen MR) is 85.3 cm³/mol. The van der Waals surface area contributed by atoms with Crippen molar-refractivity contribution in [1.29, 1.82) is 0 Å². The minimum Gasteiger partial charge on any atom is -0.349 e. The highest BCUT2D eigenvalue weighted by molar-refractivity contribution is 5.45. The lowest BCUT2D eigenvalue weighted by molar-refractivity contribution is -0.0856. The Hall–Kier alpha value is -0.860. The quantitative estimate of drug-likeness (QED) is 0.671. The molecule has 0 aromatic heterocycles. The van der Waals surface area contributed by atoms with Gasteiger partial charge < -0.3 is 4.74 Å². The largest absolute Gasteiger partial charge is 0.349 e. The topological polar surface area (TPSA) is 15.8 Å². The Balaban J connectivity index is 1.84. The fourth-order valence-electron chi connectivity index (χ4n) is 5.10. The van der Waals surface area contributed by atoms with Gasteiger partial charge in [-0.2, -0.15) is 0 Å². The molecule has 1 aromatic rings. The monoisotopic (exact) mass is 285 g/mol. The lowest BCUT2D eigenvalue weighted by Gasteiger charge is -2.47. The third-order valence-electron chi connectivity index (χ3n) is 5.71. The van der Waals surface area contributed by atoms with Crippen molar-refractivity contribution in [3.8, 4) is 0 Å². The van der Waals surface area contributed by atoms with E-state index in [0.717, 1.165) is 0 Å². The zero-order chi connectivity index (χ0) is 15.2. The second kappa shape index (κ2) is 3.72. The molecule has 1 aromatic carbocycles. The molecule has 3 aliphatic rings. The van der Waals surface area contributed by atoms with Gasteiger partial charge in [-0.1, -0.05) is 45.0 Å². The third kappa shape index (κ3) is 1.55. The molecule has 0 saturated carbocycles. The van der Waals surface area contributed by atoms with Gasteiger partial charge in [-0.3, -0.25) is 4.90 Å². The van der Waals surface area contributed by atoms with Crippen molar-refractivity contribution in [2.24, 2.45) is 5.41 Å². The molecule has 21 heavy (non-hydrogen) atoms. The van der Waals surface area contributed by atoms with E-state index in [9.17, 15) is 0 Å². The Bertz CT molecular complexity index is 594. The third-order valence-corrected chi connectivity index (χ3v) is 5.71. The van der Waals surface area contributed by atoms with Crippen LogP contribution >= 0.6 is 0 Å². The average molecular weight is 285 g/mol. The summed E-state index contributed by atoms with van der Waals surface area (Å²) in [6.07, 6.45) is 1.54. The second-order valence-electron chi connectivity index (χ2n) is 9.02. The summed E-state index contributed by atoms with van der Waals surface area (Å²) in [4.78, 5) is 2.70. The van der Waals surface area contributed by atoms with Gasteiger partial charge in [-0.25, -0.2) is 0 Å². The highest BCUT2D eigenvalue weighted by Gasteiger charge is 2.79. The van der Waals surface area contributed by atoms with Gasteiger partial charge in [0.2, 0.25) is 0 Å². The molecule has 114 valence electrons. The Morgan fingerprint density at radius 2 is 1.76 bits per heavy atom. The smallest absolute Gasteiger partial charge is 0.154 e. The van der Waals surface area contributed by atoms with Crippen molar-refractivity contribution in [3.05, 3.63) is 35.4 Å². The number of rotatable bonds is 0. The molecule has 2 heterocycles. The molecule has 0 amide bonds. The summed E-state index contributed by atoms with van der Waals surface area (Å²) in [6.45, 7) is 14.0. The van der Waals surface area contributed by atoms with E-state index in [-0.39, 0.29) is 16.7 Å². The molecule has 0 N–H and O–H groups in total. The summed E-state index contributed by atoms with van der Waals surface area (Å²) in [5.74, 6) is 0.555. The molecule has 4 unspecified atom stereocenters. The number of hydrogen-bond acceptors (Lipinski definition) is 2. The summed E-state index contributed by atoms with van der Waals surface area (Å²) in [5, 5.41) is 0. The lowest BCUT2D eigenvalue weighted by Crippen LogP contribution is -2.58. The van der Waals surface area contributed by atoms with Gasteiger partial charge in [0.05, 0.1) is 0 Å². The first-order valence-electron chi connectivity index (χ1n) is 8.23. The molecule has 2 fully saturated rings. The van der Waals surface area contributed by atoms with E-state index in [4.69, 9.17) is 4.74 Å². The Morgan fingerprint density at radius 1 is 1.10 bits per heavy atom. The number of hydrogen-bond donors (Lipinski definition) is 0. The molecule has 0 spiro atoms. The van der Waals surface area contributed by atoms with E-state index in [1.165, 1.54) is 17.5 Å². The van der Waals surface area contributed by atoms with E-state index in [2.05, 4.69) is 70.7 Å². The van der Waals surface area contributed by atoms with Crippen LogP contribution in [-0.4, -0.2) is 28.3 Å². The SMILES string of the molecule is CC(C)(C)N1C2Cc3ccccc3C2C2OC21C(C)(C)C. The molecule has 4 rings (SSSR count). The Labute approximate surface area is 128 Å². The van der Waals surface area contributed by atoms with Gasteiger partial charge in [0, 0.05) is 22.9 Å². The van der Waals surface area contributed by atoms with Gasteiger partial charge in [0.1, 0.15) is 6.10 Å². The molecule has 1 aliphatic carbocycles. The van der Waals surface area contributed by atoms with Crippen molar-refractivity contribution in [3.63, 3.8) is 0 Å². The average Bonchev–Trinajstić information content (AvgIpc) is 2.85. The van der Waals surface area contributed by atoms with E-state index < -0.39 is 0 Å². The maximum atomic E-state index is 6.44. The highest BCUT2D eigenvalue weighted by Crippen LogP contribution is 2.68. The van der Waals surface area contributed by atoms with Crippen molar-refractivity contribution in [1.82, 2.24) is 4.90 Å². The number of likely N-dealkylation sites (tertiary alicyclic amines) is 1. The first-order chi connectivity index (χ1) is 9.68. The Kier molecular flexibility index (Phi) is 2.44. The number of nitrogens with zero attached hydrogens (tertiary/aromatic N) is 1. The van der Waals surface area contributed by atoms with Crippen LogP contribution in [0.15, 0.2) is 24.3 Å². The van der Waals surface area contributed by atoms with Gasteiger partial charge in [0.25, 0.3) is 0 Å². The normalized spacial score (nSPS) is 38.1. The zero-order valence-electron chi connectivity index (χ0n) is 14.1. The summed E-state index contributed by atoms with van der Waals surface area (Å²) in [5.41, 5.74) is 3.26. The van der Waals surface area contributed by atoms with Gasteiger partial charge in [-0.15, -0.1) is 0 Å². The van der Waals surface area contributed by atoms with Crippen molar-refractivity contribution in [2.75, 3.05) is 0 Å². The van der Waals surface area contributed by atoms with E-state index in [1.54, 1.807) is 0 Å². The van der Waals surface area contributed by atoms with Crippen LogP contribution in [0.4, 0.5) is 0 Å². The van der Waals surface area contributed by atoms with Crippen LogP contribution in [-0.2, 0) is 11.2 Å². The molecule has 2 nitrogen and oxygen atoms in total. The first-order valence-corrected chi connectivity index (χ1v) is 8.23. The standard InChI is InChI=1S/C19H27NO/c1-17(2,3)19-16(21-19)15-13-10-8-7-9-12(13)11-14(15)20(19)18(4,5)6/h7-10,14-16H,11H2,1-6H3. The molecule has 0 bridgehead atoms. The fourth-order valence-corrected chi connectivity index (χ4v) is 5.10. The minimum absolute atomic E-state index is 0.0753. The molecular formula is C19H27NO. The van der Waals surface area contributed by atoms with Crippen LogP contribution in [0.3, 0.4) is 0 Å². The van der Waals surface area contributed by atoms with Crippen molar-refractivity contribution < 1.29 is 4.74 Å². The number of benzene rings is 1. The zero-order valence-corrected chi connectivity index (χ0v) is 14.1. The molecule has 2 saturated heterocycles. The van der Waals surface area contributed by atoms with Crippen LogP contribution in [0.2, 0.25) is 0 Å². The number of epoxide rings is 1. The maximum Gasteiger partial charge on any atom is 0.154 e. The van der Waals surface area contributed by atoms with Crippen molar-refractivity contribution in [2.45, 2.75) is 77.3 Å². The summed E-state index contributed by atoms with van der Waals surface area (Å²) in [7, 11) is 0. The van der Waals surface area contributed by atoms with Gasteiger partial charge in [-0.05, 0) is 38.3 Å². The summed E-state index contributed by atoms with van der Waals surface area (Å²) >= 11 is 0. The van der Waals surface area contributed by atoms with Crippen LogP contribution in [0.1, 0.15) is 58.6 Å². The Morgan fingerprint density at radius 3 is 2.38 bits per heavy atom. The maximum absolute atomic E-state index is 6.44. The van der Waals surface area contributed by atoms with Crippen molar-refractivity contribution >= 4 is 0 Å². The second-order valence-corrected chi connectivity index (χ2v) is 9.02. The highest BCUT2D eigenvalue weighted by atomic mass is 16.6. The van der Waals surface area contributed by atoms with Gasteiger partial charge in [0.15, 0.2) is 5.72 Å². The van der Waals surface area contributed by atoms with Gasteiger partial charge >= 0.3 is 0 Å². The lowest BCUT2D eigenvalue weighted by atomic mass is 9.81. The molecule has 2 aliphatic heterocycles. The minimum atomic E-state index is -0.0753. The summed E-state index contributed by atoms with van der Waals surface area (Å²) < 4.78 is 6.44. The number of ether oxygens (including phenoxy) is 1. The fraction of sp³-hybridized carbons (Fsp3) is 0.684. The first kappa shape index (κ1) is 13.8. The van der Waals surface area contributed by atoms with Crippen LogP contribution in [0, 0.1) is 5.41 Å². The van der Waals surface area contributed by atoms with E-state index in [0.29, 0.717) is 18.1 Å². The molecule has 2 heteroatoms. The van der Waals surface area contributed by atoms with E-state index >= 15 is 0 Å². The molecule has 4 atom stereocenters. The number of fused-ring (bicyclic) bond motifs is 5. The van der Waals surface area contributed by atoms with Crippen LogP contribution < -0.4 is 0 Å². The van der Waals surface area contributed by atoms with Crippen LogP contribution in [0.25, 0.3) is 0 Å².